The molecule has 1 fully saturated rings. The molecule has 3 rings (SSSR count). The third-order valence-corrected chi connectivity index (χ3v) is 4.73. The van der Waals surface area contributed by atoms with Crippen molar-refractivity contribution < 1.29 is 14.3 Å². The van der Waals surface area contributed by atoms with Crippen LogP contribution in [-0.4, -0.2) is 25.3 Å². The number of Topliss-reactive ketones (excluding diaryl/α,β-unsaturated/α-hetero) is 1. The van der Waals surface area contributed by atoms with Crippen molar-refractivity contribution in [2.24, 2.45) is 5.41 Å². The zero-order chi connectivity index (χ0) is 18.4. The van der Waals surface area contributed by atoms with Gasteiger partial charge in [-0.25, -0.2) is 0 Å². The van der Waals surface area contributed by atoms with E-state index in [4.69, 9.17) is 9.47 Å². The van der Waals surface area contributed by atoms with Gasteiger partial charge in [-0.15, -0.1) is 0 Å². The Labute approximate surface area is 156 Å². The molecule has 2 aromatic carbocycles. The maximum atomic E-state index is 12.7. The van der Waals surface area contributed by atoms with E-state index in [1.54, 1.807) is 0 Å². The van der Waals surface area contributed by atoms with E-state index in [-0.39, 0.29) is 17.5 Å². The first-order valence-corrected chi connectivity index (χ1v) is 9.46. The molecule has 0 N–H and O–H groups in total. The Morgan fingerprint density at radius 1 is 0.962 bits per heavy atom. The summed E-state index contributed by atoms with van der Waals surface area (Å²) >= 11 is 0. The summed E-state index contributed by atoms with van der Waals surface area (Å²) in [6.45, 7) is 5.76. The van der Waals surface area contributed by atoms with Gasteiger partial charge in [-0.05, 0) is 30.4 Å². The van der Waals surface area contributed by atoms with Crippen molar-refractivity contribution in [3.8, 4) is 11.1 Å². The molecule has 1 aliphatic heterocycles. The third-order valence-electron chi connectivity index (χ3n) is 4.73. The lowest BCUT2D eigenvalue weighted by Crippen LogP contribution is -2.37. The van der Waals surface area contributed by atoms with Crippen LogP contribution in [0.2, 0.25) is 0 Å². The minimum Gasteiger partial charge on any atom is -0.352 e. The van der Waals surface area contributed by atoms with E-state index >= 15 is 0 Å². The molecule has 0 unspecified atom stereocenters. The number of hydrogen-bond donors (Lipinski definition) is 0. The van der Waals surface area contributed by atoms with E-state index in [2.05, 4.69) is 13.8 Å². The summed E-state index contributed by atoms with van der Waals surface area (Å²) in [4.78, 5) is 12.7. The van der Waals surface area contributed by atoms with Gasteiger partial charge in [-0.1, -0.05) is 68.4 Å². The molecule has 0 spiro atoms. The largest absolute Gasteiger partial charge is 0.352 e. The van der Waals surface area contributed by atoms with Gasteiger partial charge in [0.2, 0.25) is 0 Å². The Balaban J connectivity index is 1.50. The quantitative estimate of drug-likeness (QED) is 0.488. The SMILES string of the molecule is CC1(C)COC(CCCCC(=O)c2ccccc2-c2ccccc2)OC1. The van der Waals surface area contributed by atoms with Crippen LogP contribution in [0.15, 0.2) is 54.6 Å². The number of carbonyl (C=O) groups is 1. The first kappa shape index (κ1) is 18.8. The van der Waals surface area contributed by atoms with Gasteiger partial charge in [0.05, 0.1) is 13.2 Å². The molecule has 1 saturated heterocycles. The molecule has 0 saturated carbocycles. The summed E-state index contributed by atoms with van der Waals surface area (Å²) in [6.07, 6.45) is 3.08. The molecular weight excluding hydrogens is 324 g/mol. The van der Waals surface area contributed by atoms with Gasteiger partial charge in [-0.2, -0.15) is 0 Å². The molecule has 0 bridgehead atoms. The predicted octanol–water partition coefficient (Wildman–Crippen LogP) is 5.50. The molecule has 0 aliphatic carbocycles. The van der Waals surface area contributed by atoms with Gasteiger partial charge in [0.25, 0.3) is 0 Å². The van der Waals surface area contributed by atoms with E-state index in [0.717, 1.165) is 49.2 Å². The van der Waals surface area contributed by atoms with Gasteiger partial charge in [-0.3, -0.25) is 4.79 Å². The highest BCUT2D eigenvalue weighted by Gasteiger charge is 2.27. The number of ketones is 1. The van der Waals surface area contributed by atoms with Crippen molar-refractivity contribution in [2.75, 3.05) is 13.2 Å². The third kappa shape index (κ3) is 5.03. The van der Waals surface area contributed by atoms with Crippen molar-refractivity contribution in [1.82, 2.24) is 0 Å². The minimum atomic E-state index is -0.116. The lowest BCUT2D eigenvalue weighted by atomic mass is 9.94. The second-order valence-electron chi connectivity index (χ2n) is 7.80. The smallest absolute Gasteiger partial charge is 0.163 e. The van der Waals surface area contributed by atoms with Crippen molar-refractivity contribution in [1.29, 1.82) is 0 Å². The van der Waals surface area contributed by atoms with E-state index in [1.165, 1.54) is 0 Å². The normalized spacial score (nSPS) is 17.2. The lowest BCUT2D eigenvalue weighted by molar-refractivity contribution is -0.224. The van der Waals surface area contributed by atoms with Crippen LogP contribution < -0.4 is 0 Å². The van der Waals surface area contributed by atoms with Gasteiger partial charge >= 0.3 is 0 Å². The zero-order valence-electron chi connectivity index (χ0n) is 15.7. The Hall–Kier alpha value is -1.97. The highest BCUT2D eigenvalue weighted by Crippen LogP contribution is 2.27. The van der Waals surface area contributed by atoms with Crippen molar-refractivity contribution in [2.45, 2.75) is 45.8 Å². The second-order valence-corrected chi connectivity index (χ2v) is 7.80. The first-order valence-electron chi connectivity index (χ1n) is 9.46. The van der Waals surface area contributed by atoms with Gasteiger partial charge < -0.3 is 9.47 Å². The summed E-state index contributed by atoms with van der Waals surface area (Å²) in [6, 6.07) is 18.0. The molecule has 1 heterocycles. The minimum absolute atomic E-state index is 0.105. The van der Waals surface area contributed by atoms with Gasteiger partial charge in [0.15, 0.2) is 12.1 Å². The molecule has 0 amide bonds. The molecule has 3 nitrogen and oxygen atoms in total. The topological polar surface area (TPSA) is 35.5 Å². The van der Waals surface area contributed by atoms with Crippen LogP contribution in [0, 0.1) is 5.41 Å². The van der Waals surface area contributed by atoms with Crippen LogP contribution in [0.25, 0.3) is 11.1 Å². The zero-order valence-corrected chi connectivity index (χ0v) is 15.7. The lowest BCUT2D eigenvalue weighted by Gasteiger charge is -2.34. The van der Waals surface area contributed by atoms with Crippen LogP contribution in [-0.2, 0) is 9.47 Å². The first-order chi connectivity index (χ1) is 12.6. The van der Waals surface area contributed by atoms with Crippen LogP contribution >= 0.6 is 0 Å². The summed E-state index contributed by atoms with van der Waals surface area (Å²) in [5.41, 5.74) is 3.01. The molecule has 26 heavy (non-hydrogen) atoms. The van der Waals surface area contributed by atoms with Gasteiger partial charge in [0, 0.05) is 17.4 Å². The number of ether oxygens (including phenoxy) is 2. The summed E-state index contributed by atoms with van der Waals surface area (Å²) < 4.78 is 11.5. The molecule has 3 heteroatoms. The average Bonchev–Trinajstić information content (AvgIpc) is 2.67. The number of hydrogen-bond acceptors (Lipinski definition) is 3. The van der Waals surface area contributed by atoms with Crippen LogP contribution in [0.4, 0.5) is 0 Å². The van der Waals surface area contributed by atoms with Crippen LogP contribution in [0.3, 0.4) is 0 Å². The monoisotopic (exact) mass is 352 g/mol. The van der Waals surface area contributed by atoms with E-state index in [0.29, 0.717) is 6.42 Å². The highest BCUT2D eigenvalue weighted by molar-refractivity contribution is 6.02. The van der Waals surface area contributed by atoms with E-state index in [9.17, 15) is 4.79 Å². The standard InChI is InChI=1S/C23H28O3/c1-23(2)16-25-22(26-17-23)15-9-8-14-21(24)20-13-7-6-12-19(20)18-10-4-3-5-11-18/h3-7,10-13,22H,8-9,14-17H2,1-2H3. The molecule has 0 radical (unpaired) electrons. The molecular formula is C23H28O3. The molecule has 0 aromatic heterocycles. The Morgan fingerprint density at radius 3 is 2.35 bits per heavy atom. The van der Waals surface area contributed by atoms with Crippen molar-refractivity contribution in [3.63, 3.8) is 0 Å². The van der Waals surface area contributed by atoms with Crippen LogP contribution in [0.1, 0.15) is 49.9 Å². The number of rotatable bonds is 7. The fourth-order valence-corrected chi connectivity index (χ4v) is 3.22. The molecule has 0 atom stereocenters. The highest BCUT2D eigenvalue weighted by atomic mass is 16.7. The van der Waals surface area contributed by atoms with Crippen molar-refractivity contribution >= 4 is 5.78 Å². The molecule has 138 valence electrons. The van der Waals surface area contributed by atoms with Crippen molar-refractivity contribution in [3.05, 3.63) is 60.2 Å². The fraction of sp³-hybridized carbons (Fsp3) is 0.435. The van der Waals surface area contributed by atoms with E-state index < -0.39 is 0 Å². The van der Waals surface area contributed by atoms with Gasteiger partial charge in [0.1, 0.15) is 0 Å². The predicted molar refractivity (Wildman–Crippen MR) is 104 cm³/mol. The van der Waals surface area contributed by atoms with Crippen LogP contribution in [0.5, 0.6) is 0 Å². The number of benzene rings is 2. The summed E-state index contributed by atoms with van der Waals surface area (Å²) in [7, 11) is 0. The summed E-state index contributed by atoms with van der Waals surface area (Å²) in [5.74, 6) is 0.205. The van der Waals surface area contributed by atoms with E-state index in [1.807, 2.05) is 54.6 Å². The molecule has 1 aliphatic rings. The average molecular weight is 352 g/mol. The maximum Gasteiger partial charge on any atom is 0.163 e. The molecule has 2 aromatic rings. The Kier molecular flexibility index (Phi) is 6.23. The number of unbranched alkanes of at least 4 members (excludes halogenated alkanes) is 1. The summed E-state index contributed by atoms with van der Waals surface area (Å²) in [5, 5.41) is 0. The fourth-order valence-electron chi connectivity index (χ4n) is 3.22. The maximum absolute atomic E-state index is 12.7. The number of carbonyl (C=O) groups excluding carboxylic acids is 1. The Morgan fingerprint density at radius 2 is 1.62 bits per heavy atom. The second kappa shape index (κ2) is 8.61. The Bertz CT molecular complexity index is 711.